The summed E-state index contributed by atoms with van der Waals surface area (Å²) in [5.41, 5.74) is 0. The fraction of sp³-hybridized carbons (Fsp3) is 0.714. The zero-order valence-corrected chi connectivity index (χ0v) is 6.64. The Kier molecular flexibility index (Phi) is 4.73. The average Bonchev–Trinajstić information content (AvgIpc) is 1.83. The Morgan fingerprint density at radius 1 is 1.50 bits per heavy atom. The lowest BCUT2D eigenvalue weighted by Gasteiger charge is -2.04. The van der Waals surface area contributed by atoms with E-state index in [0.717, 1.165) is 6.26 Å². The molecule has 0 aromatic heterocycles. The molecule has 0 saturated heterocycles. The van der Waals surface area contributed by atoms with E-state index in [-0.39, 0.29) is 6.42 Å². The minimum Gasteiger partial charge on any atom is -0.492 e. The number of ether oxygens (including phenoxy) is 1. The number of hydrogen-bond donors (Lipinski definition) is 1. The van der Waals surface area contributed by atoms with Crippen molar-refractivity contribution in [2.24, 2.45) is 0 Å². The van der Waals surface area contributed by atoms with E-state index in [0.29, 0.717) is 0 Å². The molecule has 0 radical (unpaired) electrons. The second-order valence-corrected chi connectivity index (χ2v) is 2.38. The molecule has 72 valence electrons. The van der Waals surface area contributed by atoms with E-state index in [4.69, 9.17) is 5.11 Å². The summed E-state index contributed by atoms with van der Waals surface area (Å²) in [6.07, 6.45) is -2.28. The van der Waals surface area contributed by atoms with Gasteiger partial charge in [-0.15, -0.1) is 0 Å². The number of aliphatic hydroxyl groups excluding tert-OH is 1. The number of rotatable bonds is 4. The minimum atomic E-state index is -4.30. The molecule has 1 atom stereocenters. The number of hydrogen-bond acceptors (Lipinski definition) is 2. The Bertz CT molecular complexity index is 140. The van der Waals surface area contributed by atoms with Crippen molar-refractivity contribution in [2.45, 2.75) is 25.6 Å². The van der Waals surface area contributed by atoms with Crippen molar-refractivity contribution in [3.05, 3.63) is 12.3 Å². The van der Waals surface area contributed by atoms with Gasteiger partial charge in [-0.2, -0.15) is 13.2 Å². The Balaban J connectivity index is 3.37. The molecule has 0 amide bonds. The van der Waals surface area contributed by atoms with Crippen molar-refractivity contribution < 1.29 is 23.0 Å². The Morgan fingerprint density at radius 2 is 2.08 bits per heavy atom. The van der Waals surface area contributed by atoms with E-state index < -0.39 is 18.9 Å². The molecule has 0 aromatic carbocycles. The van der Waals surface area contributed by atoms with E-state index in [2.05, 4.69) is 4.74 Å². The minimum absolute atomic E-state index is 0.290. The van der Waals surface area contributed by atoms with Gasteiger partial charge in [-0.1, -0.05) is 0 Å². The van der Waals surface area contributed by atoms with E-state index in [1.807, 2.05) is 0 Å². The molecule has 0 rings (SSSR count). The van der Waals surface area contributed by atoms with Crippen LogP contribution in [0.1, 0.15) is 13.3 Å². The molecule has 5 heteroatoms. The Morgan fingerprint density at radius 3 is 2.50 bits per heavy atom. The summed E-state index contributed by atoms with van der Waals surface area (Å²) >= 11 is 0. The summed E-state index contributed by atoms with van der Waals surface area (Å²) in [5.74, 6) is 0. The summed E-state index contributed by atoms with van der Waals surface area (Å²) in [4.78, 5) is 0. The maximum Gasteiger partial charge on any atom is 0.422 e. The molecule has 0 aromatic rings. The van der Waals surface area contributed by atoms with Gasteiger partial charge in [0, 0.05) is 0 Å². The molecule has 0 aliphatic heterocycles. The van der Waals surface area contributed by atoms with E-state index in [1.165, 1.54) is 13.0 Å². The highest BCUT2D eigenvalue weighted by Gasteiger charge is 2.27. The number of aliphatic hydroxyl groups is 1. The molecule has 0 aliphatic rings. The third-order valence-corrected chi connectivity index (χ3v) is 0.917. The summed E-state index contributed by atoms with van der Waals surface area (Å²) in [5, 5.41) is 8.68. The maximum absolute atomic E-state index is 11.4. The van der Waals surface area contributed by atoms with Crippen molar-refractivity contribution in [3.63, 3.8) is 0 Å². The van der Waals surface area contributed by atoms with Gasteiger partial charge in [-0.05, 0) is 19.4 Å². The standard InChI is InChI=1S/C7H11F3O2/c1-6(11)3-2-4-12-5-7(8,9)10/h2,4,6,11H,3,5H2,1H3. The van der Waals surface area contributed by atoms with Gasteiger partial charge < -0.3 is 9.84 Å². The SMILES string of the molecule is CC(O)CC=COCC(F)(F)F. The molecule has 0 bridgehead atoms. The van der Waals surface area contributed by atoms with Crippen LogP contribution in [-0.2, 0) is 4.74 Å². The molecule has 0 saturated carbocycles. The lowest BCUT2D eigenvalue weighted by atomic mass is 10.3. The van der Waals surface area contributed by atoms with Crippen LogP contribution in [0.4, 0.5) is 13.2 Å². The van der Waals surface area contributed by atoms with Crippen LogP contribution < -0.4 is 0 Å². The van der Waals surface area contributed by atoms with Crippen LogP contribution in [0.25, 0.3) is 0 Å². The molecule has 0 fully saturated rings. The van der Waals surface area contributed by atoms with E-state index in [1.54, 1.807) is 0 Å². The van der Waals surface area contributed by atoms with Gasteiger partial charge in [0.05, 0.1) is 12.4 Å². The average molecular weight is 184 g/mol. The van der Waals surface area contributed by atoms with Crippen molar-refractivity contribution >= 4 is 0 Å². The molecular formula is C7H11F3O2. The first-order valence-corrected chi connectivity index (χ1v) is 3.43. The third kappa shape index (κ3) is 9.29. The molecule has 1 N–H and O–H groups in total. The molecule has 2 nitrogen and oxygen atoms in total. The highest BCUT2D eigenvalue weighted by Crippen LogP contribution is 2.14. The van der Waals surface area contributed by atoms with Crippen LogP contribution in [0.5, 0.6) is 0 Å². The fourth-order valence-corrected chi connectivity index (χ4v) is 0.463. The second-order valence-electron chi connectivity index (χ2n) is 2.38. The quantitative estimate of drug-likeness (QED) is 0.675. The van der Waals surface area contributed by atoms with Gasteiger partial charge in [0.25, 0.3) is 0 Å². The van der Waals surface area contributed by atoms with Crippen molar-refractivity contribution in [3.8, 4) is 0 Å². The zero-order chi connectivity index (χ0) is 9.61. The summed E-state index contributed by atoms with van der Waals surface area (Å²) in [6, 6.07) is 0. The number of alkyl halides is 3. The van der Waals surface area contributed by atoms with Gasteiger partial charge in [-0.3, -0.25) is 0 Å². The van der Waals surface area contributed by atoms with E-state index >= 15 is 0 Å². The molecule has 0 aliphatic carbocycles. The van der Waals surface area contributed by atoms with Gasteiger partial charge >= 0.3 is 6.18 Å². The van der Waals surface area contributed by atoms with Crippen LogP contribution in [0.3, 0.4) is 0 Å². The monoisotopic (exact) mass is 184 g/mol. The Labute approximate surface area is 68.6 Å². The summed E-state index contributed by atoms with van der Waals surface area (Å²) in [6.45, 7) is 0.247. The first kappa shape index (κ1) is 11.3. The van der Waals surface area contributed by atoms with Gasteiger partial charge in [0.15, 0.2) is 6.61 Å². The maximum atomic E-state index is 11.4. The lowest BCUT2D eigenvalue weighted by molar-refractivity contribution is -0.161. The smallest absolute Gasteiger partial charge is 0.422 e. The van der Waals surface area contributed by atoms with Crippen LogP contribution in [0.15, 0.2) is 12.3 Å². The third-order valence-electron chi connectivity index (χ3n) is 0.917. The van der Waals surface area contributed by atoms with E-state index in [9.17, 15) is 13.2 Å². The first-order valence-electron chi connectivity index (χ1n) is 3.43. The van der Waals surface area contributed by atoms with Crippen molar-refractivity contribution in [2.75, 3.05) is 6.61 Å². The van der Waals surface area contributed by atoms with Crippen molar-refractivity contribution in [1.29, 1.82) is 0 Å². The molecule has 0 heterocycles. The fourth-order valence-electron chi connectivity index (χ4n) is 0.463. The topological polar surface area (TPSA) is 29.5 Å². The summed E-state index contributed by atoms with van der Waals surface area (Å²) in [7, 11) is 0. The van der Waals surface area contributed by atoms with Crippen LogP contribution in [-0.4, -0.2) is 24.0 Å². The van der Waals surface area contributed by atoms with Gasteiger partial charge in [0.2, 0.25) is 0 Å². The van der Waals surface area contributed by atoms with Gasteiger partial charge in [-0.25, -0.2) is 0 Å². The predicted molar refractivity (Wildman–Crippen MR) is 37.4 cm³/mol. The van der Waals surface area contributed by atoms with Crippen molar-refractivity contribution in [1.82, 2.24) is 0 Å². The number of halogens is 3. The first-order chi connectivity index (χ1) is 5.42. The highest BCUT2D eigenvalue weighted by molar-refractivity contribution is 4.76. The van der Waals surface area contributed by atoms with Crippen LogP contribution in [0, 0.1) is 0 Å². The normalized spacial score (nSPS) is 15.1. The molecule has 0 spiro atoms. The van der Waals surface area contributed by atoms with Gasteiger partial charge in [0.1, 0.15) is 0 Å². The highest BCUT2D eigenvalue weighted by atomic mass is 19.4. The molecule has 12 heavy (non-hydrogen) atoms. The lowest BCUT2D eigenvalue weighted by Crippen LogP contribution is -2.14. The van der Waals surface area contributed by atoms with Crippen LogP contribution in [0.2, 0.25) is 0 Å². The zero-order valence-electron chi connectivity index (χ0n) is 6.64. The predicted octanol–water partition coefficient (Wildman–Crippen LogP) is 1.85. The Hall–Kier alpha value is -0.710. The molecular weight excluding hydrogens is 173 g/mol. The molecule has 1 unspecified atom stereocenters. The van der Waals surface area contributed by atoms with Crippen LogP contribution >= 0.6 is 0 Å². The largest absolute Gasteiger partial charge is 0.492 e. The second kappa shape index (κ2) is 5.03. The summed E-state index contributed by atoms with van der Waals surface area (Å²) < 4.78 is 38.4.